The molecule has 0 spiro atoms. The number of para-hydroxylation sites is 1. The van der Waals surface area contributed by atoms with Crippen LogP contribution in [0.5, 0.6) is 5.75 Å². The maximum atomic E-state index is 13.4. The maximum absolute atomic E-state index is 13.4. The predicted octanol–water partition coefficient (Wildman–Crippen LogP) is 1.94. The lowest BCUT2D eigenvalue weighted by Gasteiger charge is -2.33. The van der Waals surface area contributed by atoms with Gasteiger partial charge in [0.15, 0.2) is 17.2 Å². The van der Waals surface area contributed by atoms with Gasteiger partial charge in [-0.05, 0) is 12.1 Å². The van der Waals surface area contributed by atoms with E-state index < -0.39 is 11.5 Å². The number of benzene rings is 1. The molecule has 2 rings (SSSR count). The summed E-state index contributed by atoms with van der Waals surface area (Å²) < 4.78 is 36.1. The molecule has 1 heterocycles. The van der Waals surface area contributed by atoms with Gasteiger partial charge in [0.25, 0.3) is 0 Å². The summed E-state index contributed by atoms with van der Waals surface area (Å²) >= 11 is 0. The summed E-state index contributed by atoms with van der Waals surface area (Å²) in [7, 11) is 0. The first-order chi connectivity index (χ1) is 6.70. The average Bonchev–Trinajstić information content (AvgIpc) is 2.14. The maximum Gasteiger partial charge on any atom is 0.190 e. The molecule has 4 heteroatoms. The molecule has 1 fully saturated rings. The number of halogens is 2. The highest BCUT2D eigenvalue weighted by Gasteiger charge is 2.39. The van der Waals surface area contributed by atoms with E-state index in [4.69, 9.17) is 9.47 Å². The van der Waals surface area contributed by atoms with Gasteiger partial charge in [0.2, 0.25) is 0 Å². The Labute approximate surface area is 80.4 Å². The highest BCUT2D eigenvalue weighted by Crippen LogP contribution is 2.24. The summed E-state index contributed by atoms with van der Waals surface area (Å²) in [5.74, 6) is -0.396. The molecular weight excluding hydrogens is 190 g/mol. The lowest BCUT2D eigenvalue weighted by molar-refractivity contribution is -0.146. The van der Waals surface area contributed by atoms with Gasteiger partial charge in [0.05, 0.1) is 13.2 Å². The summed E-state index contributed by atoms with van der Waals surface area (Å²) in [6, 6.07) is 5.94. The van der Waals surface area contributed by atoms with Gasteiger partial charge in [0.1, 0.15) is 6.61 Å². The Hall–Kier alpha value is -1.16. The average molecular weight is 200 g/mol. The highest BCUT2D eigenvalue weighted by molar-refractivity contribution is 5.23. The Bertz CT molecular complexity index is 324. The number of hydrogen-bond acceptors (Lipinski definition) is 2. The second-order valence-electron chi connectivity index (χ2n) is 3.36. The van der Waals surface area contributed by atoms with E-state index >= 15 is 0 Å². The number of ether oxygens (including phenoxy) is 2. The van der Waals surface area contributed by atoms with E-state index in [0.717, 1.165) is 0 Å². The van der Waals surface area contributed by atoms with E-state index in [1.807, 2.05) is 0 Å². The molecule has 0 amide bonds. The van der Waals surface area contributed by atoms with E-state index in [1.165, 1.54) is 12.1 Å². The minimum Gasteiger partial charge on any atom is -0.487 e. The fourth-order valence-corrected chi connectivity index (χ4v) is 1.18. The Morgan fingerprint density at radius 3 is 2.64 bits per heavy atom. The summed E-state index contributed by atoms with van der Waals surface area (Å²) in [6.07, 6.45) is 0. The van der Waals surface area contributed by atoms with Crippen molar-refractivity contribution in [3.63, 3.8) is 0 Å². The van der Waals surface area contributed by atoms with Crippen LogP contribution in [0.1, 0.15) is 0 Å². The first-order valence-electron chi connectivity index (χ1n) is 4.34. The summed E-state index contributed by atoms with van der Waals surface area (Å²) in [4.78, 5) is 0. The quantitative estimate of drug-likeness (QED) is 0.742. The predicted molar refractivity (Wildman–Crippen MR) is 46.6 cm³/mol. The minimum atomic E-state index is -1.44. The summed E-state index contributed by atoms with van der Waals surface area (Å²) in [5, 5.41) is 0. The lowest BCUT2D eigenvalue weighted by Crippen LogP contribution is -2.50. The molecule has 1 aromatic carbocycles. The second kappa shape index (κ2) is 3.53. The van der Waals surface area contributed by atoms with Gasteiger partial charge in [-0.1, -0.05) is 12.1 Å². The Kier molecular flexibility index (Phi) is 2.37. The van der Waals surface area contributed by atoms with Crippen LogP contribution in [0.4, 0.5) is 8.78 Å². The zero-order valence-electron chi connectivity index (χ0n) is 7.50. The molecule has 1 aliphatic rings. The molecule has 1 aromatic rings. The standard InChI is InChI=1S/C10H10F2O2/c11-8-3-1-2-4-9(8)14-7-10(12)5-13-6-10/h1-4H,5-7H2. The molecule has 76 valence electrons. The van der Waals surface area contributed by atoms with Crippen molar-refractivity contribution in [2.24, 2.45) is 0 Å². The van der Waals surface area contributed by atoms with Crippen LogP contribution in [0.15, 0.2) is 24.3 Å². The van der Waals surface area contributed by atoms with Crippen molar-refractivity contribution in [1.82, 2.24) is 0 Å². The van der Waals surface area contributed by atoms with Gasteiger partial charge in [-0.2, -0.15) is 0 Å². The largest absolute Gasteiger partial charge is 0.487 e. The monoisotopic (exact) mass is 200 g/mol. The van der Waals surface area contributed by atoms with E-state index in [9.17, 15) is 8.78 Å². The number of alkyl halides is 1. The molecule has 2 nitrogen and oxygen atoms in total. The van der Waals surface area contributed by atoms with E-state index in [1.54, 1.807) is 12.1 Å². The van der Waals surface area contributed by atoms with Gasteiger partial charge in [-0.15, -0.1) is 0 Å². The van der Waals surface area contributed by atoms with Crippen LogP contribution in [0, 0.1) is 5.82 Å². The highest BCUT2D eigenvalue weighted by atomic mass is 19.1. The first kappa shape index (κ1) is 9.40. The molecule has 0 aliphatic carbocycles. The minimum absolute atomic E-state index is 0.0292. The second-order valence-corrected chi connectivity index (χ2v) is 3.36. The molecule has 0 aromatic heterocycles. The van der Waals surface area contributed by atoms with Crippen molar-refractivity contribution in [3.8, 4) is 5.75 Å². The molecular formula is C10H10F2O2. The number of hydrogen-bond donors (Lipinski definition) is 0. The molecule has 0 bridgehead atoms. The molecule has 0 N–H and O–H groups in total. The van der Waals surface area contributed by atoms with E-state index in [-0.39, 0.29) is 25.6 Å². The Morgan fingerprint density at radius 2 is 2.07 bits per heavy atom. The van der Waals surface area contributed by atoms with Crippen molar-refractivity contribution >= 4 is 0 Å². The lowest BCUT2D eigenvalue weighted by atomic mass is 10.1. The van der Waals surface area contributed by atoms with Crippen LogP contribution < -0.4 is 4.74 Å². The molecule has 0 radical (unpaired) electrons. The van der Waals surface area contributed by atoms with Crippen LogP contribution in [-0.4, -0.2) is 25.5 Å². The topological polar surface area (TPSA) is 18.5 Å². The third kappa shape index (κ3) is 1.85. The van der Waals surface area contributed by atoms with E-state index in [2.05, 4.69) is 0 Å². The van der Waals surface area contributed by atoms with Crippen LogP contribution >= 0.6 is 0 Å². The van der Waals surface area contributed by atoms with E-state index in [0.29, 0.717) is 0 Å². The van der Waals surface area contributed by atoms with Gasteiger partial charge < -0.3 is 9.47 Å². The summed E-state index contributed by atoms with van der Waals surface area (Å²) in [6.45, 7) is -0.100. The first-order valence-corrected chi connectivity index (χ1v) is 4.34. The van der Waals surface area contributed by atoms with Crippen LogP contribution in [-0.2, 0) is 4.74 Å². The molecule has 14 heavy (non-hydrogen) atoms. The van der Waals surface area contributed by atoms with Crippen molar-refractivity contribution in [3.05, 3.63) is 30.1 Å². The van der Waals surface area contributed by atoms with Gasteiger partial charge >= 0.3 is 0 Å². The zero-order chi connectivity index (χ0) is 10.0. The van der Waals surface area contributed by atoms with Crippen molar-refractivity contribution < 1.29 is 18.3 Å². The fraction of sp³-hybridized carbons (Fsp3) is 0.400. The molecule has 1 saturated heterocycles. The molecule has 1 aliphatic heterocycles. The normalized spacial score (nSPS) is 18.7. The smallest absolute Gasteiger partial charge is 0.190 e. The van der Waals surface area contributed by atoms with Gasteiger partial charge in [0, 0.05) is 0 Å². The van der Waals surface area contributed by atoms with Crippen molar-refractivity contribution in [2.75, 3.05) is 19.8 Å². The van der Waals surface area contributed by atoms with Crippen LogP contribution in [0.3, 0.4) is 0 Å². The van der Waals surface area contributed by atoms with Crippen molar-refractivity contribution in [1.29, 1.82) is 0 Å². The zero-order valence-corrected chi connectivity index (χ0v) is 7.50. The van der Waals surface area contributed by atoms with Gasteiger partial charge in [-0.3, -0.25) is 0 Å². The van der Waals surface area contributed by atoms with Gasteiger partial charge in [-0.25, -0.2) is 8.78 Å². The molecule has 0 atom stereocenters. The SMILES string of the molecule is Fc1ccccc1OCC1(F)COC1. The number of rotatable bonds is 3. The molecule has 0 unspecified atom stereocenters. The third-order valence-electron chi connectivity index (χ3n) is 2.04. The fourth-order valence-electron chi connectivity index (χ4n) is 1.18. The third-order valence-corrected chi connectivity index (χ3v) is 2.04. The van der Waals surface area contributed by atoms with Crippen LogP contribution in [0.2, 0.25) is 0 Å². The Balaban J connectivity index is 1.95. The van der Waals surface area contributed by atoms with Crippen molar-refractivity contribution in [2.45, 2.75) is 5.67 Å². The Morgan fingerprint density at radius 1 is 1.36 bits per heavy atom. The summed E-state index contributed by atoms with van der Waals surface area (Å²) in [5.41, 5.74) is -1.44. The van der Waals surface area contributed by atoms with Crippen LogP contribution in [0.25, 0.3) is 0 Å². The molecule has 0 saturated carbocycles.